The van der Waals surface area contributed by atoms with Crippen LogP contribution < -0.4 is 5.32 Å². The van der Waals surface area contributed by atoms with Gasteiger partial charge in [-0.1, -0.05) is 15.9 Å². The molecule has 1 atom stereocenters. The van der Waals surface area contributed by atoms with Gasteiger partial charge < -0.3 is 15.0 Å². The molecule has 24 heavy (non-hydrogen) atoms. The number of esters is 1. The molecule has 1 aliphatic rings. The summed E-state index contributed by atoms with van der Waals surface area (Å²) in [6, 6.07) is 5.04. The summed E-state index contributed by atoms with van der Waals surface area (Å²) in [4.78, 5) is 26.9. The zero-order valence-electron chi connectivity index (χ0n) is 12.5. The predicted octanol–water partition coefficient (Wildman–Crippen LogP) is 1.39. The minimum Gasteiger partial charge on any atom is -0.452 e. The third-order valence-electron chi connectivity index (χ3n) is 3.80. The Bertz CT molecular complexity index is 906. The van der Waals surface area contributed by atoms with Crippen LogP contribution in [0, 0.1) is 0 Å². The fraction of sp³-hybridized carbons (Fsp3) is 0.333. The van der Waals surface area contributed by atoms with Gasteiger partial charge in [-0.25, -0.2) is 13.2 Å². The summed E-state index contributed by atoms with van der Waals surface area (Å²) in [7, 11) is -3.07. The van der Waals surface area contributed by atoms with Crippen LogP contribution in [0.4, 0.5) is 0 Å². The molecule has 1 aromatic carbocycles. The second kappa shape index (κ2) is 6.56. The molecule has 1 unspecified atom stereocenters. The van der Waals surface area contributed by atoms with E-state index < -0.39 is 34.4 Å². The molecule has 2 heterocycles. The summed E-state index contributed by atoms with van der Waals surface area (Å²) in [5.41, 5.74) is 1.12. The third-order valence-corrected chi connectivity index (χ3v) is 6.06. The zero-order valence-corrected chi connectivity index (χ0v) is 14.9. The van der Waals surface area contributed by atoms with Crippen molar-refractivity contribution in [2.45, 2.75) is 12.5 Å². The molecule has 0 radical (unpaired) electrons. The van der Waals surface area contributed by atoms with E-state index in [4.69, 9.17) is 4.74 Å². The Morgan fingerprint density at radius 2 is 2.17 bits per heavy atom. The quantitative estimate of drug-likeness (QED) is 0.735. The molecule has 1 amide bonds. The maximum Gasteiger partial charge on any atom is 0.340 e. The van der Waals surface area contributed by atoms with Gasteiger partial charge in [-0.15, -0.1) is 0 Å². The van der Waals surface area contributed by atoms with Gasteiger partial charge in [0.25, 0.3) is 5.91 Å². The molecule has 3 rings (SSSR count). The number of hydrogen-bond donors (Lipinski definition) is 2. The summed E-state index contributed by atoms with van der Waals surface area (Å²) in [6.45, 7) is -0.448. The lowest BCUT2D eigenvalue weighted by atomic mass is 10.2. The highest BCUT2D eigenvalue weighted by Gasteiger charge is 2.29. The second-order valence-electron chi connectivity index (χ2n) is 5.64. The molecule has 0 spiro atoms. The summed E-state index contributed by atoms with van der Waals surface area (Å²) in [6.07, 6.45) is 1.92. The highest BCUT2D eigenvalue weighted by atomic mass is 79.9. The lowest BCUT2D eigenvalue weighted by molar-refractivity contribution is -0.124. The van der Waals surface area contributed by atoms with Gasteiger partial charge in [-0.2, -0.15) is 0 Å². The Balaban J connectivity index is 1.59. The number of halogens is 1. The van der Waals surface area contributed by atoms with Crippen molar-refractivity contribution in [3.05, 3.63) is 34.4 Å². The number of sulfone groups is 1. The summed E-state index contributed by atoms with van der Waals surface area (Å²) in [5.74, 6) is -1.12. The molecule has 2 N–H and O–H groups in total. The number of ether oxygens (including phenoxy) is 1. The molecule has 1 fully saturated rings. The Hall–Kier alpha value is -1.87. The van der Waals surface area contributed by atoms with Crippen LogP contribution in [0.15, 0.2) is 28.9 Å². The van der Waals surface area contributed by atoms with Crippen LogP contribution in [0.2, 0.25) is 0 Å². The van der Waals surface area contributed by atoms with Crippen molar-refractivity contribution >= 4 is 48.5 Å². The highest BCUT2D eigenvalue weighted by Crippen LogP contribution is 2.23. The van der Waals surface area contributed by atoms with Gasteiger partial charge in [0.05, 0.1) is 17.1 Å². The maximum atomic E-state index is 12.1. The second-order valence-corrected chi connectivity index (χ2v) is 8.78. The lowest BCUT2D eigenvalue weighted by Gasteiger charge is -2.10. The Kier molecular flexibility index (Phi) is 4.64. The molecule has 0 saturated carbocycles. The van der Waals surface area contributed by atoms with Crippen LogP contribution in [0.25, 0.3) is 10.9 Å². The summed E-state index contributed by atoms with van der Waals surface area (Å²) >= 11 is 3.34. The Labute approximate surface area is 146 Å². The topological polar surface area (TPSA) is 105 Å². The lowest BCUT2D eigenvalue weighted by Crippen LogP contribution is -2.38. The molecular weight excluding hydrogens is 400 g/mol. The number of fused-ring (bicyclic) bond motifs is 1. The smallest absolute Gasteiger partial charge is 0.340 e. The van der Waals surface area contributed by atoms with Crippen molar-refractivity contribution < 1.29 is 22.7 Å². The molecule has 9 heteroatoms. The van der Waals surface area contributed by atoms with E-state index in [1.165, 1.54) is 6.20 Å². The SMILES string of the molecule is O=C(COC(=O)c1c[nH]c2ccc(Br)cc12)NC1CCS(=O)(=O)C1. The standard InChI is InChI=1S/C15H15BrN2O5S/c16-9-1-2-13-11(5-9)12(6-17-13)15(20)23-7-14(19)18-10-3-4-24(21,22)8-10/h1-2,5-6,10,17H,3-4,7-8H2,(H,18,19). The van der Waals surface area contributed by atoms with E-state index in [0.717, 1.165) is 9.99 Å². The number of aromatic amines is 1. The molecule has 2 aromatic rings. The first kappa shape index (κ1) is 17.0. The maximum absolute atomic E-state index is 12.1. The van der Waals surface area contributed by atoms with Crippen LogP contribution in [-0.2, 0) is 19.4 Å². The van der Waals surface area contributed by atoms with Gasteiger partial charge in [0, 0.05) is 27.6 Å². The largest absolute Gasteiger partial charge is 0.452 e. The number of H-pyrrole nitrogens is 1. The van der Waals surface area contributed by atoms with Crippen LogP contribution in [0.3, 0.4) is 0 Å². The average molecular weight is 415 g/mol. The van der Waals surface area contributed by atoms with Gasteiger partial charge in [0.15, 0.2) is 16.4 Å². The molecule has 0 bridgehead atoms. The van der Waals surface area contributed by atoms with Crippen molar-refractivity contribution in [3.63, 3.8) is 0 Å². The molecular formula is C15H15BrN2O5S. The molecule has 1 saturated heterocycles. The summed E-state index contributed by atoms with van der Waals surface area (Å²) in [5, 5.41) is 3.26. The van der Waals surface area contributed by atoms with E-state index in [9.17, 15) is 18.0 Å². The first-order chi connectivity index (χ1) is 11.3. The highest BCUT2D eigenvalue weighted by molar-refractivity contribution is 9.10. The molecule has 1 aliphatic heterocycles. The number of benzene rings is 1. The van der Waals surface area contributed by atoms with Crippen molar-refractivity contribution in [2.24, 2.45) is 0 Å². The van der Waals surface area contributed by atoms with E-state index >= 15 is 0 Å². The summed E-state index contributed by atoms with van der Waals surface area (Å²) < 4.78 is 28.5. The van der Waals surface area contributed by atoms with E-state index in [1.807, 2.05) is 12.1 Å². The van der Waals surface area contributed by atoms with E-state index in [2.05, 4.69) is 26.2 Å². The molecule has 0 aliphatic carbocycles. The van der Waals surface area contributed by atoms with Crippen molar-refractivity contribution in [2.75, 3.05) is 18.1 Å². The van der Waals surface area contributed by atoms with Crippen LogP contribution in [0.1, 0.15) is 16.8 Å². The fourth-order valence-corrected chi connectivity index (χ4v) is 4.68. The van der Waals surface area contributed by atoms with Crippen LogP contribution >= 0.6 is 15.9 Å². The van der Waals surface area contributed by atoms with Crippen LogP contribution in [-0.4, -0.2) is 49.4 Å². The minimum absolute atomic E-state index is 0.0663. The first-order valence-corrected chi connectivity index (χ1v) is 9.89. The van der Waals surface area contributed by atoms with Gasteiger partial charge in [-0.05, 0) is 24.6 Å². The van der Waals surface area contributed by atoms with E-state index in [0.29, 0.717) is 17.4 Å². The average Bonchev–Trinajstić information content (AvgIpc) is 3.07. The van der Waals surface area contributed by atoms with Gasteiger partial charge in [-0.3, -0.25) is 4.79 Å². The first-order valence-electron chi connectivity index (χ1n) is 7.27. The van der Waals surface area contributed by atoms with Crippen molar-refractivity contribution in [3.8, 4) is 0 Å². The van der Waals surface area contributed by atoms with Gasteiger partial charge in [0.1, 0.15) is 0 Å². The normalized spacial score (nSPS) is 19.3. The predicted molar refractivity (Wildman–Crippen MR) is 91.5 cm³/mol. The van der Waals surface area contributed by atoms with E-state index in [1.54, 1.807) is 6.07 Å². The number of nitrogens with one attached hydrogen (secondary N) is 2. The van der Waals surface area contributed by atoms with Gasteiger partial charge in [0.2, 0.25) is 0 Å². The van der Waals surface area contributed by atoms with Gasteiger partial charge >= 0.3 is 5.97 Å². The molecule has 128 valence electrons. The minimum atomic E-state index is -3.07. The van der Waals surface area contributed by atoms with Crippen molar-refractivity contribution in [1.29, 1.82) is 0 Å². The number of carbonyl (C=O) groups excluding carboxylic acids is 2. The number of hydrogen-bond acceptors (Lipinski definition) is 5. The zero-order chi connectivity index (χ0) is 17.3. The number of amides is 1. The van der Waals surface area contributed by atoms with Crippen LogP contribution in [0.5, 0.6) is 0 Å². The number of carbonyl (C=O) groups is 2. The monoisotopic (exact) mass is 414 g/mol. The Morgan fingerprint density at radius 3 is 2.88 bits per heavy atom. The molecule has 7 nitrogen and oxygen atoms in total. The molecule has 1 aromatic heterocycles. The third kappa shape index (κ3) is 3.78. The number of rotatable bonds is 4. The Morgan fingerprint density at radius 1 is 1.38 bits per heavy atom. The van der Waals surface area contributed by atoms with Crippen molar-refractivity contribution in [1.82, 2.24) is 10.3 Å². The number of aromatic nitrogens is 1. The fourth-order valence-electron chi connectivity index (χ4n) is 2.65. The van der Waals surface area contributed by atoms with E-state index in [-0.39, 0.29) is 11.5 Å².